The number of aromatic nitrogens is 5. The summed E-state index contributed by atoms with van der Waals surface area (Å²) in [5.41, 5.74) is 3.59. The summed E-state index contributed by atoms with van der Waals surface area (Å²) in [5.74, 6) is 0.0399. The van der Waals surface area contributed by atoms with Crippen LogP contribution in [0.4, 0.5) is 5.95 Å². The molecule has 3 aromatic rings. The van der Waals surface area contributed by atoms with E-state index in [4.69, 9.17) is 0 Å². The maximum Gasteiger partial charge on any atom is 0.261 e. The van der Waals surface area contributed by atoms with Gasteiger partial charge in [-0.05, 0) is 31.9 Å². The molecule has 0 saturated carbocycles. The van der Waals surface area contributed by atoms with Crippen LogP contribution in [0.1, 0.15) is 34.1 Å². The number of nitrogens with zero attached hydrogens (tertiary/aromatic N) is 5. The molecule has 0 atom stereocenters. The second-order valence-corrected chi connectivity index (χ2v) is 5.63. The van der Waals surface area contributed by atoms with E-state index < -0.39 is 0 Å². The zero-order valence-electron chi connectivity index (χ0n) is 14.0. The number of anilines is 1. The Morgan fingerprint density at radius 1 is 1.17 bits per heavy atom. The van der Waals surface area contributed by atoms with Gasteiger partial charge in [0.1, 0.15) is 6.33 Å². The van der Waals surface area contributed by atoms with Gasteiger partial charge in [0.25, 0.3) is 5.91 Å². The van der Waals surface area contributed by atoms with Crippen LogP contribution in [0.15, 0.2) is 36.8 Å². The fourth-order valence-corrected chi connectivity index (χ4v) is 2.46. The zero-order chi connectivity index (χ0) is 17.1. The molecule has 7 heteroatoms. The van der Waals surface area contributed by atoms with Crippen molar-refractivity contribution < 1.29 is 4.79 Å². The molecule has 1 amide bonds. The normalized spacial score (nSPS) is 10.8. The van der Waals surface area contributed by atoms with E-state index in [1.807, 2.05) is 26.0 Å². The lowest BCUT2D eigenvalue weighted by Crippen LogP contribution is -2.14. The highest BCUT2D eigenvalue weighted by atomic mass is 16.1. The van der Waals surface area contributed by atoms with Gasteiger partial charge in [0.2, 0.25) is 5.95 Å². The van der Waals surface area contributed by atoms with Gasteiger partial charge in [-0.15, -0.1) is 5.10 Å². The summed E-state index contributed by atoms with van der Waals surface area (Å²) in [6.07, 6.45) is 3.35. The van der Waals surface area contributed by atoms with Crippen molar-refractivity contribution in [2.24, 2.45) is 0 Å². The van der Waals surface area contributed by atoms with Crippen LogP contribution in [-0.2, 0) is 13.1 Å². The van der Waals surface area contributed by atoms with Gasteiger partial charge in [0.05, 0.1) is 17.8 Å². The van der Waals surface area contributed by atoms with Crippen LogP contribution < -0.4 is 5.32 Å². The second kappa shape index (κ2) is 6.66. The number of hydrogen-bond acceptors (Lipinski definition) is 4. The summed E-state index contributed by atoms with van der Waals surface area (Å²) in [6.45, 7) is 7.18. The highest BCUT2D eigenvalue weighted by molar-refractivity contribution is 6.03. The van der Waals surface area contributed by atoms with E-state index in [1.165, 1.54) is 11.1 Å². The smallest absolute Gasteiger partial charge is 0.261 e. The summed E-state index contributed by atoms with van der Waals surface area (Å²) in [4.78, 5) is 16.5. The predicted molar refractivity (Wildman–Crippen MR) is 90.9 cm³/mol. The van der Waals surface area contributed by atoms with Crippen LogP contribution in [0.5, 0.6) is 0 Å². The molecule has 1 N–H and O–H groups in total. The third kappa shape index (κ3) is 3.34. The molecular formula is C17H20N6O. The molecule has 0 aliphatic carbocycles. The molecule has 124 valence electrons. The van der Waals surface area contributed by atoms with E-state index in [1.54, 1.807) is 21.9 Å². The molecule has 1 aromatic carbocycles. The van der Waals surface area contributed by atoms with E-state index in [0.29, 0.717) is 17.8 Å². The highest BCUT2D eigenvalue weighted by Crippen LogP contribution is 2.11. The molecule has 0 unspecified atom stereocenters. The number of benzene rings is 1. The number of carbonyl (C=O) groups is 1. The van der Waals surface area contributed by atoms with Gasteiger partial charge in [-0.2, -0.15) is 5.10 Å². The molecule has 0 aliphatic rings. The Hall–Kier alpha value is -2.96. The lowest BCUT2D eigenvalue weighted by atomic mass is 10.1. The van der Waals surface area contributed by atoms with Gasteiger partial charge in [0, 0.05) is 12.7 Å². The lowest BCUT2D eigenvalue weighted by Gasteiger charge is -2.04. The molecule has 0 aliphatic heterocycles. The van der Waals surface area contributed by atoms with Crippen LogP contribution in [0, 0.1) is 13.8 Å². The van der Waals surface area contributed by atoms with Crippen molar-refractivity contribution in [3.8, 4) is 0 Å². The molecule has 7 nitrogen and oxygen atoms in total. The van der Waals surface area contributed by atoms with Gasteiger partial charge in [-0.25, -0.2) is 9.67 Å². The van der Waals surface area contributed by atoms with Crippen molar-refractivity contribution in [3.05, 3.63) is 59.2 Å². The van der Waals surface area contributed by atoms with Gasteiger partial charge in [0.15, 0.2) is 0 Å². The number of amides is 1. The molecule has 0 saturated heterocycles. The van der Waals surface area contributed by atoms with Crippen LogP contribution in [0.25, 0.3) is 0 Å². The van der Waals surface area contributed by atoms with Gasteiger partial charge >= 0.3 is 0 Å². The number of rotatable bonds is 5. The zero-order valence-corrected chi connectivity index (χ0v) is 14.0. The first-order valence-corrected chi connectivity index (χ1v) is 7.86. The maximum absolute atomic E-state index is 12.3. The molecular weight excluding hydrogens is 304 g/mol. The molecule has 3 rings (SSSR count). The minimum absolute atomic E-state index is 0.249. The first-order chi connectivity index (χ1) is 11.6. The van der Waals surface area contributed by atoms with E-state index in [-0.39, 0.29) is 11.9 Å². The summed E-state index contributed by atoms with van der Waals surface area (Å²) < 4.78 is 3.44. The molecule has 0 fully saturated rings. The van der Waals surface area contributed by atoms with E-state index >= 15 is 0 Å². The standard InChI is InChI=1S/C17H20N6O/c1-4-22-10-15(13(3)20-22)16(24)19-17-18-11-23(21-17)9-14-8-6-5-7-12(14)2/h5-8,10-11H,4,9H2,1-3H3,(H,19,21,24). The number of nitrogens with one attached hydrogen (secondary N) is 1. The summed E-state index contributed by atoms with van der Waals surface area (Å²) in [5, 5.41) is 11.3. The number of carbonyl (C=O) groups excluding carboxylic acids is 1. The van der Waals surface area contributed by atoms with Crippen molar-refractivity contribution in [1.29, 1.82) is 0 Å². The highest BCUT2D eigenvalue weighted by Gasteiger charge is 2.15. The SMILES string of the molecule is CCn1cc(C(=O)Nc2ncn(Cc3ccccc3C)n2)c(C)n1. The topological polar surface area (TPSA) is 77.6 Å². The number of hydrogen-bond donors (Lipinski definition) is 1. The minimum atomic E-state index is -0.249. The van der Waals surface area contributed by atoms with Crippen LogP contribution >= 0.6 is 0 Å². The average Bonchev–Trinajstić information content (AvgIpc) is 3.16. The minimum Gasteiger partial charge on any atom is -0.289 e. The van der Waals surface area contributed by atoms with Gasteiger partial charge in [-0.1, -0.05) is 24.3 Å². The van der Waals surface area contributed by atoms with Gasteiger partial charge < -0.3 is 0 Å². The quantitative estimate of drug-likeness (QED) is 0.782. The number of aryl methyl sites for hydroxylation is 3. The first kappa shape index (κ1) is 15.9. The maximum atomic E-state index is 12.3. The Morgan fingerprint density at radius 3 is 2.67 bits per heavy atom. The largest absolute Gasteiger partial charge is 0.289 e. The van der Waals surface area contributed by atoms with E-state index in [2.05, 4.69) is 39.6 Å². The Kier molecular flexibility index (Phi) is 4.41. The molecule has 2 heterocycles. The Bertz CT molecular complexity index is 864. The van der Waals surface area contributed by atoms with E-state index in [0.717, 1.165) is 6.54 Å². The second-order valence-electron chi connectivity index (χ2n) is 5.63. The summed E-state index contributed by atoms with van der Waals surface area (Å²) >= 11 is 0. The Morgan fingerprint density at radius 2 is 1.96 bits per heavy atom. The third-order valence-electron chi connectivity index (χ3n) is 3.87. The fraction of sp³-hybridized carbons (Fsp3) is 0.294. The Balaban J connectivity index is 1.70. The third-order valence-corrected chi connectivity index (χ3v) is 3.87. The molecule has 0 spiro atoms. The molecule has 24 heavy (non-hydrogen) atoms. The Labute approximate surface area is 140 Å². The van der Waals surface area contributed by atoms with Crippen molar-refractivity contribution in [1.82, 2.24) is 24.5 Å². The summed E-state index contributed by atoms with van der Waals surface area (Å²) in [6, 6.07) is 8.11. The van der Waals surface area contributed by atoms with Crippen molar-refractivity contribution in [2.75, 3.05) is 5.32 Å². The monoisotopic (exact) mass is 324 g/mol. The first-order valence-electron chi connectivity index (χ1n) is 7.86. The van der Waals surface area contributed by atoms with Crippen LogP contribution in [0.3, 0.4) is 0 Å². The van der Waals surface area contributed by atoms with Crippen molar-refractivity contribution in [2.45, 2.75) is 33.9 Å². The van der Waals surface area contributed by atoms with Crippen molar-refractivity contribution in [3.63, 3.8) is 0 Å². The van der Waals surface area contributed by atoms with Gasteiger partial charge in [-0.3, -0.25) is 14.8 Å². The molecule has 0 bridgehead atoms. The van der Waals surface area contributed by atoms with Crippen LogP contribution in [0.2, 0.25) is 0 Å². The molecule has 0 radical (unpaired) electrons. The fourth-order valence-electron chi connectivity index (χ4n) is 2.46. The lowest BCUT2D eigenvalue weighted by molar-refractivity contribution is 0.102. The van der Waals surface area contributed by atoms with E-state index in [9.17, 15) is 4.79 Å². The predicted octanol–water partition coefficient (Wildman–Crippen LogP) is 2.41. The molecule has 2 aromatic heterocycles. The average molecular weight is 324 g/mol. The van der Waals surface area contributed by atoms with Crippen molar-refractivity contribution >= 4 is 11.9 Å². The summed E-state index contributed by atoms with van der Waals surface area (Å²) in [7, 11) is 0. The van der Waals surface area contributed by atoms with Crippen LogP contribution in [-0.4, -0.2) is 30.5 Å².